The van der Waals surface area contributed by atoms with Gasteiger partial charge in [0.05, 0.1) is 18.4 Å². The van der Waals surface area contributed by atoms with Crippen LogP contribution in [0.25, 0.3) is 0 Å². The zero-order valence-electron chi connectivity index (χ0n) is 10.8. The number of anilines is 2. The summed E-state index contributed by atoms with van der Waals surface area (Å²) in [4.78, 5) is 12.1. The van der Waals surface area contributed by atoms with Crippen LogP contribution in [0.2, 0.25) is 0 Å². The number of methoxy groups -OCH3 is 1. The van der Waals surface area contributed by atoms with E-state index in [-0.39, 0.29) is 11.7 Å². The first-order valence-electron chi connectivity index (χ1n) is 5.86. The molecule has 0 radical (unpaired) electrons. The number of nitrogens with one attached hydrogen (secondary N) is 2. The maximum absolute atomic E-state index is 13.5. The molecule has 0 spiro atoms. The Bertz CT molecular complexity index is 632. The fourth-order valence-electron chi connectivity index (χ4n) is 1.75. The van der Waals surface area contributed by atoms with E-state index in [2.05, 4.69) is 10.7 Å². The number of hydrazine groups is 1. The number of ether oxygens (including phenoxy) is 1. The molecule has 0 aromatic heterocycles. The van der Waals surface area contributed by atoms with Crippen LogP contribution in [-0.4, -0.2) is 13.0 Å². The fraction of sp³-hybridized carbons (Fsp3) is 0.0714. The van der Waals surface area contributed by atoms with Crippen molar-refractivity contribution in [3.63, 3.8) is 0 Å². The topological polar surface area (TPSA) is 76.4 Å². The van der Waals surface area contributed by atoms with E-state index >= 15 is 0 Å². The Morgan fingerprint density at radius 3 is 2.65 bits per heavy atom. The van der Waals surface area contributed by atoms with E-state index in [1.54, 1.807) is 30.3 Å². The molecule has 1 amide bonds. The van der Waals surface area contributed by atoms with Crippen molar-refractivity contribution in [1.82, 2.24) is 0 Å². The largest absolute Gasteiger partial charge is 0.494 e. The van der Waals surface area contributed by atoms with E-state index < -0.39 is 5.82 Å². The van der Waals surface area contributed by atoms with Crippen LogP contribution in [0.1, 0.15) is 10.4 Å². The van der Waals surface area contributed by atoms with Gasteiger partial charge in [-0.3, -0.25) is 10.6 Å². The van der Waals surface area contributed by atoms with E-state index in [9.17, 15) is 9.18 Å². The summed E-state index contributed by atoms with van der Waals surface area (Å²) >= 11 is 0. The quantitative estimate of drug-likeness (QED) is 0.591. The number of benzene rings is 2. The summed E-state index contributed by atoms with van der Waals surface area (Å²) in [5.74, 6) is 4.52. The predicted octanol–water partition coefficient (Wildman–Crippen LogP) is 2.37. The van der Waals surface area contributed by atoms with Crippen LogP contribution in [-0.2, 0) is 0 Å². The summed E-state index contributed by atoms with van der Waals surface area (Å²) in [5, 5.41) is 2.60. The summed E-state index contributed by atoms with van der Waals surface area (Å²) in [5.41, 5.74) is 3.62. The molecule has 2 rings (SSSR count). The van der Waals surface area contributed by atoms with Crippen LogP contribution >= 0.6 is 0 Å². The SMILES string of the molecule is COc1ccc(NC(=O)c2ccccc2NN)cc1F. The van der Waals surface area contributed by atoms with Gasteiger partial charge >= 0.3 is 0 Å². The molecular weight excluding hydrogens is 261 g/mol. The lowest BCUT2D eigenvalue weighted by molar-refractivity contribution is 0.102. The number of para-hydroxylation sites is 1. The summed E-state index contributed by atoms with van der Waals surface area (Å²) in [6.45, 7) is 0. The monoisotopic (exact) mass is 275 g/mol. The maximum Gasteiger partial charge on any atom is 0.257 e. The van der Waals surface area contributed by atoms with E-state index in [0.29, 0.717) is 16.9 Å². The Morgan fingerprint density at radius 2 is 2.00 bits per heavy atom. The number of hydrogen-bond donors (Lipinski definition) is 3. The van der Waals surface area contributed by atoms with Crippen molar-refractivity contribution in [3.8, 4) is 5.75 Å². The average Bonchev–Trinajstić information content (AvgIpc) is 2.47. The van der Waals surface area contributed by atoms with Crippen LogP contribution in [0.3, 0.4) is 0 Å². The molecule has 0 unspecified atom stereocenters. The Kier molecular flexibility index (Phi) is 4.17. The summed E-state index contributed by atoms with van der Waals surface area (Å²) in [6.07, 6.45) is 0. The summed E-state index contributed by atoms with van der Waals surface area (Å²) in [6, 6.07) is 10.9. The number of hydrogen-bond acceptors (Lipinski definition) is 4. The van der Waals surface area contributed by atoms with Gasteiger partial charge in [0, 0.05) is 11.8 Å². The number of rotatable bonds is 4. The third-order valence-corrected chi connectivity index (χ3v) is 2.74. The maximum atomic E-state index is 13.5. The molecule has 2 aromatic rings. The second kappa shape index (κ2) is 6.03. The summed E-state index contributed by atoms with van der Waals surface area (Å²) in [7, 11) is 1.37. The Hall–Kier alpha value is -2.60. The minimum Gasteiger partial charge on any atom is -0.494 e. The van der Waals surface area contributed by atoms with Crippen LogP contribution in [0.15, 0.2) is 42.5 Å². The van der Waals surface area contributed by atoms with Crippen molar-refractivity contribution >= 4 is 17.3 Å². The number of nitrogen functional groups attached to an aromatic ring is 1. The highest BCUT2D eigenvalue weighted by atomic mass is 19.1. The minimum atomic E-state index is -0.546. The van der Waals surface area contributed by atoms with Crippen molar-refractivity contribution in [2.75, 3.05) is 17.9 Å². The number of carbonyl (C=O) groups is 1. The van der Waals surface area contributed by atoms with Crippen molar-refractivity contribution in [2.45, 2.75) is 0 Å². The van der Waals surface area contributed by atoms with Crippen molar-refractivity contribution in [1.29, 1.82) is 0 Å². The molecule has 0 fully saturated rings. The molecule has 5 nitrogen and oxygen atoms in total. The third kappa shape index (κ3) is 2.86. The van der Waals surface area contributed by atoms with Gasteiger partial charge in [0.15, 0.2) is 11.6 Å². The highest BCUT2D eigenvalue weighted by molar-refractivity contribution is 6.08. The predicted molar refractivity (Wildman–Crippen MR) is 75.2 cm³/mol. The highest BCUT2D eigenvalue weighted by Crippen LogP contribution is 2.22. The van der Waals surface area contributed by atoms with Gasteiger partial charge in [-0.15, -0.1) is 0 Å². The number of halogens is 1. The molecule has 4 N–H and O–H groups in total. The first-order chi connectivity index (χ1) is 9.65. The van der Waals surface area contributed by atoms with E-state index in [0.717, 1.165) is 0 Å². The lowest BCUT2D eigenvalue weighted by Crippen LogP contribution is -2.17. The van der Waals surface area contributed by atoms with Gasteiger partial charge in [0.25, 0.3) is 5.91 Å². The Balaban J connectivity index is 2.21. The zero-order valence-corrected chi connectivity index (χ0v) is 10.8. The first-order valence-corrected chi connectivity index (χ1v) is 5.86. The Labute approximate surface area is 115 Å². The highest BCUT2D eigenvalue weighted by Gasteiger charge is 2.11. The van der Waals surface area contributed by atoms with Gasteiger partial charge in [0.2, 0.25) is 0 Å². The van der Waals surface area contributed by atoms with Gasteiger partial charge in [-0.1, -0.05) is 12.1 Å². The molecule has 104 valence electrons. The minimum absolute atomic E-state index is 0.118. The molecule has 0 atom stereocenters. The first kappa shape index (κ1) is 13.8. The molecule has 0 bridgehead atoms. The van der Waals surface area contributed by atoms with E-state index in [1.807, 2.05) is 0 Å². The molecule has 6 heteroatoms. The molecule has 0 saturated heterocycles. The molecule has 0 aliphatic carbocycles. The smallest absolute Gasteiger partial charge is 0.257 e. The molecule has 2 aromatic carbocycles. The molecule has 0 aliphatic rings. The molecule has 0 heterocycles. The molecule has 20 heavy (non-hydrogen) atoms. The summed E-state index contributed by atoms with van der Waals surface area (Å²) < 4.78 is 18.4. The van der Waals surface area contributed by atoms with E-state index in [4.69, 9.17) is 10.6 Å². The van der Waals surface area contributed by atoms with Crippen LogP contribution in [0.5, 0.6) is 5.75 Å². The van der Waals surface area contributed by atoms with Gasteiger partial charge in [0.1, 0.15) is 0 Å². The van der Waals surface area contributed by atoms with Crippen LogP contribution in [0.4, 0.5) is 15.8 Å². The molecular formula is C14H14FN3O2. The third-order valence-electron chi connectivity index (χ3n) is 2.74. The average molecular weight is 275 g/mol. The van der Waals surface area contributed by atoms with Crippen LogP contribution in [0, 0.1) is 5.82 Å². The normalized spacial score (nSPS) is 9.95. The number of nitrogens with two attached hydrogens (primary N) is 1. The molecule has 0 aliphatic heterocycles. The molecule has 0 saturated carbocycles. The van der Waals surface area contributed by atoms with Gasteiger partial charge in [-0.25, -0.2) is 4.39 Å². The van der Waals surface area contributed by atoms with Gasteiger partial charge in [-0.05, 0) is 24.3 Å². The zero-order chi connectivity index (χ0) is 14.5. The van der Waals surface area contributed by atoms with Crippen molar-refractivity contribution < 1.29 is 13.9 Å². The second-order valence-corrected chi connectivity index (χ2v) is 3.99. The lowest BCUT2D eigenvalue weighted by Gasteiger charge is -2.10. The lowest BCUT2D eigenvalue weighted by atomic mass is 10.1. The number of carbonyl (C=O) groups excluding carboxylic acids is 1. The fourth-order valence-corrected chi connectivity index (χ4v) is 1.75. The number of amides is 1. The van der Waals surface area contributed by atoms with Crippen molar-refractivity contribution in [3.05, 3.63) is 53.8 Å². The van der Waals surface area contributed by atoms with E-state index in [1.165, 1.54) is 19.2 Å². The van der Waals surface area contributed by atoms with Crippen LogP contribution < -0.4 is 21.3 Å². The van der Waals surface area contributed by atoms with Crippen molar-refractivity contribution in [2.24, 2.45) is 5.84 Å². The standard InChI is InChI=1S/C14H14FN3O2/c1-20-13-7-6-9(8-11(13)15)17-14(19)10-4-2-3-5-12(10)18-16/h2-8,18H,16H2,1H3,(H,17,19). The van der Waals surface area contributed by atoms with Gasteiger partial charge < -0.3 is 15.5 Å². The Morgan fingerprint density at radius 1 is 1.25 bits per heavy atom. The second-order valence-electron chi connectivity index (χ2n) is 3.99. The van der Waals surface area contributed by atoms with Gasteiger partial charge in [-0.2, -0.15) is 0 Å².